The van der Waals surface area contributed by atoms with Crippen LogP contribution >= 0.6 is 0 Å². The molecule has 98 valence electrons. The summed E-state index contributed by atoms with van der Waals surface area (Å²) < 4.78 is 4.45. The highest BCUT2D eigenvalue weighted by atomic mass is 16.5. The van der Waals surface area contributed by atoms with Gasteiger partial charge in [-0.2, -0.15) is 0 Å². The Morgan fingerprint density at radius 3 is 2.50 bits per heavy atom. The Bertz CT molecular complexity index is 430. The highest BCUT2D eigenvalue weighted by Crippen LogP contribution is 2.18. The van der Waals surface area contributed by atoms with E-state index in [2.05, 4.69) is 9.72 Å². The number of nitrogens with zero attached hydrogens (tertiary/aromatic N) is 1. The molecule has 0 radical (unpaired) electrons. The van der Waals surface area contributed by atoms with Crippen molar-refractivity contribution >= 4 is 11.9 Å². The van der Waals surface area contributed by atoms with Crippen LogP contribution in [0.5, 0.6) is 0 Å². The molecule has 0 amide bonds. The number of pyridine rings is 1. The molecule has 1 aromatic rings. The summed E-state index contributed by atoms with van der Waals surface area (Å²) in [4.78, 5) is 25.2. The predicted molar refractivity (Wildman–Crippen MR) is 58.8 cm³/mol. The number of rotatable bonds is 5. The molecule has 0 aliphatic carbocycles. The van der Waals surface area contributed by atoms with Crippen LogP contribution in [-0.4, -0.2) is 45.5 Å². The van der Waals surface area contributed by atoms with Gasteiger partial charge in [-0.25, -0.2) is 9.78 Å². The third-order valence-electron chi connectivity index (χ3n) is 2.27. The third kappa shape index (κ3) is 3.51. The summed E-state index contributed by atoms with van der Waals surface area (Å²) in [5.41, 5.74) is 0.276. The van der Waals surface area contributed by atoms with Crippen molar-refractivity contribution in [3.05, 3.63) is 29.6 Å². The normalized spacial score (nSPS) is 13.7. The van der Waals surface area contributed by atoms with Crippen molar-refractivity contribution in [3.8, 4) is 0 Å². The molecular formula is C11H13NO6. The summed E-state index contributed by atoms with van der Waals surface area (Å²) in [6, 6.07) is 2.69. The van der Waals surface area contributed by atoms with Gasteiger partial charge in [0.05, 0.1) is 19.6 Å². The number of aliphatic hydroxyl groups is 2. The molecule has 0 fully saturated rings. The van der Waals surface area contributed by atoms with Gasteiger partial charge in [0, 0.05) is 11.8 Å². The largest absolute Gasteiger partial charge is 0.481 e. The molecule has 2 unspecified atom stereocenters. The Morgan fingerprint density at radius 2 is 2.06 bits per heavy atom. The molecule has 0 saturated carbocycles. The third-order valence-corrected chi connectivity index (χ3v) is 2.27. The lowest BCUT2D eigenvalue weighted by atomic mass is 10.0. The number of hydrogen-bond acceptors (Lipinski definition) is 6. The van der Waals surface area contributed by atoms with Crippen LogP contribution in [0.3, 0.4) is 0 Å². The lowest BCUT2D eigenvalue weighted by Gasteiger charge is -2.16. The van der Waals surface area contributed by atoms with E-state index in [1.807, 2.05) is 0 Å². The lowest BCUT2D eigenvalue weighted by molar-refractivity contribution is -0.141. The summed E-state index contributed by atoms with van der Waals surface area (Å²) in [7, 11) is 1.21. The summed E-state index contributed by atoms with van der Waals surface area (Å²) in [6.07, 6.45) is -2.21. The average molecular weight is 255 g/mol. The van der Waals surface area contributed by atoms with Gasteiger partial charge in [0.2, 0.25) is 0 Å². The molecule has 18 heavy (non-hydrogen) atoms. The summed E-state index contributed by atoms with van der Waals surface area (Å²) in [5.74, 6) is -1.84. The Kier molecular flexibility index (Phi) is 4.75. The number of carbonyl (C=O) groups excluding carboxylic acids is 1. The molecule has 1 heterocycles. The van der Waals surface area contributed by atoms with Crippen LogP contribution in [0.4, 0.5) is 0 Å². The van der Waals surface area contributed by atoms with Gasteiger partial charge in [0.15, 0.2) is 0 Å². The van der Waals surface area contributed by atoms with Crippen LogP contribution in [0, 0.1) is 0 Å². The van der Waals surface area contributed by atoms with Gasteiger partial charge in [-0.15, -0.1) is 0 Å². The number of aliphatic carboxylic acids is 1. The summed E-state index contributed by atoms with van der Waals surface area (Å²) in [6.45, 7) is 0. The zero-order valence-electron chi connectivity index (χ0n) is 9.61. The smallest absolute Gasteiger partial charge is 0.356 e. The van der Waals surface area contributed by atoms with Crippen molar-refractivity contribution in [1.82, 2.24) is 4.98 Å². The van der Waals surface area contributed by atoms with Gasteiger partial charge < -0.3 is 20.1 Å². The summed E-state index contributed by atoms with van der Waals surface area (Å²) in [5, 5.41) is 27.6. The molecule has 0 aliphatic heterocycles. The van der Waals surface area contributed by atoms with Gasteiger partial charge in [-0.1, -0.05) is 6.07 Å². The molecule has 1 aromatic heterocycles. The first-order valence-electron chi connectivity index (χ1n) is 5.08. The second-order valence-electron chi connectivity index (χ2n) is 3.58. The van der Waals surface area contributed by atoms with E-state index in [0.717, 1.165) is 0 Å². The number of aliphatic hydroxyl groups excluding tert-OH is 2. The number of carboxylic acids is 1. The van der Waals surface area contributed by atoms with Crippen molar-refractivity contribution in [3.63, 3.8) is 0 Å². The molecule has 0 aliphatic rings. The van der Waals surface area contributed by atoms with E-state index in [9.17, 15) is 19.8 Å². The van der Waals surface area contributed by atoms with Gasteiger partial charge in [0.1, 0.15) is 11.8 Å². The molecule has 3 N–H and O–H groups in total. The minimum Gasteiger partial charge on any atom is -0.481 e. The van der Waals surface area contributed by atoms with Crippen molar-refractivity contribution in [1.29, 1.82) is 0 Å². The predicted octanol–water partition coefficient (Wildman–Crippen LogP) is -0.263. The van der Waals surface area contributed by atoms with Crippen LogP contribution in [0.1, 0.15) is 28.6 Å². The molecule has 7 heteroatoms. The number of aromatic nitrogens is 1. The van der Waals surface area contributed by atoms with Crippen molar-refractivity contribution in [2.75, 3.05) is 7.11 Å². The van der Waals surface area contributed by atoms with E-state index in [0.29, 0.717) is 0 Å². The van der Waals surface area contributed by atoms with E-state index in [-0.39, 0.29) is 11.3 Å². The summed E-state index contributed by atoms with van der Waals surface area (Å²) >= 11 is 0. The maximum atomic E-state index is 11.1. The zero-order valence-corrected chi connectivity index (χ0v) is 9.61. The topological polar surface area (TPSA) is 117 Å². The van der Waals surface area contributed by atoms with Crippen LogP contribution < -0.4 is 0 Å². The number of ether oxygens (including phenoxy) is 1. The minimum atomic E-state index is -1.44. The molecule has 0 saturated heterocycles. The van der Waals surface area contributed by atoms with Gasteiger partial charge in [0.25, 0.3) is 0 Å². The Balaban J connectivity index is 2.78. The second-order valence-corrected chi connectivity index (χ2v) is 3.58. The molecule has 2 atom stereocenters. The van der Waals surface area contributed by atoms with Gasteiger partial charge in [-0.3, -0.25) is 4.79 Å². The van der Waals surface area contributed by atoms with Crippen LogP contribution in [0.15, 0.2) is 18.3 Å². The van der Waals surface area contributed by atoms with Gasteiger partial charge in [-0.05, 0) is 6.07 Å². The molecule has 1 rings (SSSR count). The highest BCUT2D eigenvalue weighted by molar-refractivity contribution is 5.86. The highest BCUT2D eigenvalue weighted by Gasteiger charge is 2.21. The zero-order chi connectivity index (χ0) is 13.7. The first kappa shape index (κ1) is 14.1. The van der Waals surface area contributed by atoms with Crippen molar-refractivity contribution < 1.29 is 29.6 Å². The number of methoxy groups -OCH3 is 1. The first-order chi connectivity index (χ1) is 8.45. The second kappa shape index (κ2) is 6.08. The number of esters is 1. The van der Waals surface area contributed by atoms with Crippen LogP contribution in [0.25, 0.3) is 0 Å². The standard InChI is InChI=1S/C11H13NO6/c1-18-11(17)7-3-2-6(5-12-7)10(16)8(13)4-9(14)15/h2-3,5,8,10,13,16H,4H2,1H3,(H,14,15). The first-order valence-corrected chi connectivity index (χ1v) is 5.08. The molecule has 0 bridgehead atoms. The Labute approximate surface area is 103 Å². The fourth-order valence-corrected chi connectivity index (χ4v) is 1.32. The number of carbonyl (C=O) groups is 2. The molecule has 0 aromatic carbocycles. The average Bonchev–Trinajstić information content (AvgIpc) is 2.36. The van der Waals surface area contributed by atoms with E-state index >= 15 is 0 Å². The molecular weight excluding hydrogens is 242 g/mol. The quantitative estimate of drug-likeness (QED) is 0.620. The van der Waals surface area contributed by atoms with Crippen molar-refractivity contribution in [2.24, 2.45) is 0 Å². The maximum Gasteiger partial charge on any atom is 0.356 e. The Morgan fingerprint density at radius 1 is 1.39 bits per heavy atom. The molecule has 0 spiro atoms. The van der Waals surface area contributed by atoms with E-state index in [4.69, 9.17) is 5.11 Å². The van der Waals surface area contributed by atoms with E-state index in [1.54, 1.807) is 0 Å². The van der Waals surface area contributed by atoms with Crippen molar-refractivity contribution in [2.45, 2.75) is 18.6 Å². The number of carboxylic acid groups (broad SMARTS) is 1. The Hall–Kier alpha value is -1.99. The maximum absolute atomic E-state index is 11.1. The van der Waals surface area contributed by atoms with Crippen LogP contribution in [-0.2, 0) is 9.53 Å². The van der Waals surface area contributed by atoms with Crippen LogP contribution in [0.2, 0.25) is 0 Å². The number of hydrogen-bond donors (Lipinski definition) is 3. The van der Waals surface area contributed by atoms with Gasteiger partial charge >= 0.3 is 11.9 Å². The fourth-order valence-electron chi connectivity index (χ4n) is 1.32. The lowest BCUT2D eigenvalue weighted by Crippen LogP contribution is -2.22. The van der Waals surface area contributed by atoms with E-state index < -0.39 is 30.6 Å². The SMILES string of the molecule is COC(=O)c1ccc(C(O)C(O)CC(=O)O)cn1. The molecule has 7 nitrogen and oxygen atoms in total. The monoisotopic (exact) mass is 255 g/mol. The van der Waals surface area contributed by atoms with E-state index in [1.165, 1.54) is 25.4 Å². The fraction of sp³-hybridized carbons (Fsp3) is 0.364. The minimum absolute atomic E-state index is 0.0566.